The van der Waals surface area contributed by atoms with Crippen LogP contribution in [0.2, 0.25) is 0 Å². The molecule has 0 spiro atoms. The molecule has 2 aromatic carbocycles. The molecule has 0 bridgehead atoms. The predicted octanol–water partition coefficient (Wildman–Crippen LogP) is 8.35. The number of nitrogen functional groups attached to an aromatic ring is 1. The smallest absolute Gasteiger partial charge is 0.215 e. The van der Waals surface area contributed by atoms with Gasteiger partial charge in [0.2, 0.25) is 6.41 Å². The lowest BCUT2D eigenvalue weighted by atomic mass is 9.93. The van der Waals surface area contributed by atoms with Crippen molar-refractivity contribution in [1.82, 2.24) is 9.88 Å². The van der Waals surface area contributed by atoms with Gasteiger partial charge in [-0.15, -0.1) is 0 Å². The van der Waals surface area contributed by atoms with E-state index in [9.17, 15) is 4.79 Å². The highest BCUT2D eigenvalue weighted by Crippen LogP contribution is 2.29. The summed E-state index contributed by atoms with van der Waals surface area (Å²) in [4.78, 5) is 21.1. The summed E-state index contributed by atoms with van der Waals surface area (Å²) in [6.45, 7) is 17.7. The van der Waals surface area contributed by atoms with Crippen molar-refractivity contribution in [3.8, 4) is 0 Å². The van der Waals surface area contributed by atoms with E-state index in [0.717, 1.165) is 46.4 Å². The van der Waals surface area contributed by atoms with Crippen LogP contribution in [0.15, 0.2) is 109 Å². The lowest BCUT2D eigenvalue weighted by molar-refractivity contribution is -0.113. The van der Waals surface area contributed by atoms with Crippen LogP contribution in [0.4, 0.5) is 5.69 Å². The summed E-state index contributed by atoms with van der Waals surface area (Å²) < 4.78 is 5.24. The van der Waals surface area contributed by atoms with Gasteiger partial charge in [0.15, 0.2) is 0 Å². The van der Waals surface area contributed by atoms with Crippen molar-refractivity contribution in [1.29, 1.82) is 0 Å². The molecule has 0 atom stereocenters. The number of carbonyl (C=O) groups excluding carboxylic acids is 1. The van der Waals surface area contributed by atoms with Gasteiger partial charge in [0.05, 0.1) is 7.11 Å². The van der Waals surface area contributed by atoms with Crippen LogP contribution in [0, 0.1) is 0 Å². The quantitative estimate of drug-likeness (QED) is 0.0702. The number of amides is 1. The summed E-state index contributed by atoms with van der Waals surface area (Å²) in [5, 5.41) is 0. The molecule has 1 amide bonds. The highest BCUT2D eigenvalue weighted by Gasteiger charge is 2.18. The summed E-state index contributed by atoms with van der Waals surface area (Å²) in [6, 6.07) is 19.6. The van der Waals surface area contributed by atoms with Gasteiger partial charge >= 0.3 is 0 Å². The molecule has 0 saturated carbocycles. The molecule has 6 nitrogen and oxygen atoms in total. The Morgan fingerprint density at radius 3 is 1.90 bits per heavy atom. The highest BCUT2D eigenvalue weighted by atomic mass is 16.5. The molecule has 42 heavy (non-hydrogen) atoms. The Kier molecular flexibility index (Phi) is 19.6. The Hall–Kier alpha value is -4.71. The third kappa shape index (κ3) is 11.4. The van der Waals surface area contributed by atoms with Crippen LogP contribution in [0.25, 0.3) is 16.9 Å². The summed E-state index contributed by atoms with van der Waals surface area (Å²) in [5.74, 6) is 1.39. The number of carbonyl (C=O) groups is 1. The van der Waals surface area contributed by atoms with Crippen molar-refractivity contribution in [2.24, 2.45) is 4.99 Å². The first-order valence-corrected chi connectivity index (χ1v) is 14.2. The molecule has 1 heterocycles. The van der Waals surface area contributed by atoms with E-state index in [2.05, 4.69) is 54.3 Å². The van der Waals surface area contributed by atoms with Crippen molar-refractivity contribution >= 4 is 34.8 Å². The van der Waals surface area contributed by atoms with Gasteiger partial charge in [-0.25, -0.2) is 0 Å². The van der Waals surface area contributed by atoms with Gasteiger partial charge in [0, 0.05) is 43.3 Å². The second kappa shape index (κ2) is 22.0. The van der Waals surface area contributed by atoms with Crippen LogP contribution in [0.1, 0.15) is 56.9 Å². The van der Waals surface area contributed by atoms with Crippen molar-refractivity contribution in [2.45, 2.75) is 41.0 Å². The molecule has 0 fully saturated rings. The summed E-state index contributed by atoms with van der Waals surface area (Å²) in [6.07, 6.45) is 10.5. The number of aryl methyl sites for hydroxylation is 1. The second-order valence-electron chi connectivity index (χ2n) is 8.14. The van der Waals surface area contributed by atoms with Crippen LogP contribution in [-0.4, -0.2) is 43.3 Å². The fraction of sp³-hybridized carbons (Fsp3) is 0.250. The predicted molar refractivity (Wildman–Crippen MR) is 183 cm³/mol. The number of ether oxygens (including phenoxy) is 1. The number of nitrogens with two attached hydrogens (primary N) is 1. The molecule has 3 rings (SSSR count). The second-order valence-corrected chi connectivity index (χ2v) is 8.14. The van der Waals surface area contributed by atoms with Gasteiger partial charge in [-0.05, 0) is 59.0 Å². The summed E-state index contributed by atoms with van der Waals surface area (Å²) in [7, 11) is 4.99. The summed E-state index contributed by atoms with van der Waals surface area (Å²) >= 11 is 0. The first kappa shape index (κ1) is 37.3. The number of hydrogen-bond acceptors (Lipinski definition) is 5. The van der Waals surface area contributed by atoms with Gasteiger partial charge in [-0.2, -0.15) is 0 Å². The van der Waals surface area contributed by atoms with E-state index in [1.807, 2.05) is 70.2 Å². The normalized spacial score (nSPS) is 11.0. The zero-order valence-electron chi connectivity index (χ0n) is 26.6. The third-order valence-corrected chi connectivity index (χ3v) is 5.73. The first-order chi connectivity index (χ1) is 20.4. The molecule has 224 valence electrons. The molecule has 2 N–H and O–H groups in total. The number of benzene rings is 2. The first-order valence-electron chi connectivity index (χ1n) is 14.2. The Balaban J connectivity index is 0.000000795. The number of hydrogen-bond donors (Lipinski definition) is 1. The number of nitrogens with zero attached hydrogens (tertiary/aromatic N) is 3. The molecule has 1 aromatic heterocycles. The largest absolute Gasteiger partial charge is 0.496 e. The number of amidine groups is 1. The van der Waals surface area contributed by atoms with Gasteiger partial charge in [0.25, 0.3) is 0 Å². The molecule has 6 heteroatoms. The van der Waals surface area contributed by atoms with Gasteiger partial charge in [-0.1, -0.05) is 96.3 Å². The third-order valence-electron chi connectivity index (χ3n) is 5.73. The number of likely N-dealkylation sites (N-methyl/N-ethyl adjacent to an activating group) is 1. The fourth-order valence-electron chi connectivity index (χ4n) is 3.74. The zero-order valence-corrected chi connectivity index (χ0v) is 26.6. The Morgan fingerprint density at radius 1 is 0.929 bits per heavy atom. The molecule has 0 unspecified atom stereocenters. The molecular formula is C36H48N4O2. The van der Waals surface area contributed by atoms with E-state index in [4.69, 9.17) is 10.5 Å². The summed E-state index contributed by atoms with van der Waals surface area (Å²) in [5.41, 5.74) is 12.4. The zero-order chi connectivity index (χ0) is 31.9. The van der Waals surface area contributed by atoms with Crippen LogP contribution in [0.5, 0.6) is 0 Å². The van der Waals surface area contributed by atoms with Crippen molar-refractivity contribution in [3.05, 3.63) is 127 Å². The van der Waals surface area contributed by atoms with Crippen LogP contribution >= 0.6 is 0 Å². The van der Waals surface area contributed by atoms with E-state index >= 15 is 0 Å². The number of methoxy groups -OCH3 is 1. The minimum atomic E-state index is 0.544. The number of anilines is 1. The standard InChI is InChI=1S/C19H20N4O.C13H16O.2C2H6/c1-4-17(14-5-7-16(20)8-6-14)18(15-9-11-22-12-10-15)19(21-2)23(3)13-24;1-4-6-13(14-3)12-9-7-11(5-2)8-10-12;2*1-2/h4-13H,1,20H2,2-3H3;4,6-10H,1,5H2,2-3H3;2*1-2H3/b18-17+,21-19?;13-6-;;. The molecule has 0 aliphatic rings. The number of pyridine rings is 1. The van der Waals surface area contributed by atoms with Crippen LogP contribution in [-0.2, 0) is 16.0 Å². The molecule has 0 radical (unpaired) electrons. The van der Waals surface area contributed by atoms with Gasteiger partial charge < -0.3 is 15.4 Å². The van der Waals surface area contributed by atoms with Crippen molar-refractivity contribution in [3.63, 3.8) is 0 Å². The van der Waals surface area contributed by atoms with Crippen molar-refractivity contribution < 1.29 is 9.53 Å². The van der Waals surface area contributed by atoms with Crippen LogP contribution in [0.3, 0.4) is 0 Å². The number of allylic oxidation sites excluding steroid dienone is 4. The monoisotopic (exact) mass is 568 g/mol. The van der Waals surface area contributed by atoms with E-state index in [-0.39, 0.29) is 0 Å². The SMILES string of the molecule is C=C/C(=C(\C(=NC)N(C)C=O)c1ccncc1)c1ccc(N)cc1.C=C/C=C(\OC)c1ccc(CC)cc1.CC.CC. The number of aliphatic imine (C=N–C) groups is 1. The van der Waals surface area contributed by atoms with Crippen LogP contribution < -0.4 is 5.73 Å². The van der Waals surface area contributed by atoms with Gasteiger partial charge in [-0.3, -0.25) is 14.8 Å². The fourth-order valence-corrected chi connectivity index (χ4v) is 3.74. The Morgan fingerprint density at radius 2 is 1.48 bits per heavy atom. The average Bonchev–Trinajstić information content (AvgIpc) is 3.06. The van der Waals surface area contributed by atoms with E-state index in [1.54, 1.807) is 45.8 Å². The minimum Gasteiger partial charge on any atom is -0.496 e. The van der Waals surface area contributed by atoms with E-state index in [0.29, 0.717) is 11.5 Å². The maximum Gasteiger partial charge on any atom is 0.215 e. The molecule has 0 saturated heterocycles. The molecule has 0 aliphatic heterocycles. The van der Waals surface area contributed by atoms with E-state index < -0.39 is 0 Å². The Labute approximate surface area is 253 Å². The van der Waals surface area contributed by atoms with E-state index in [1.165, 1.54) is 10.5 Å². The number of rotatable bonds is 9. The molecule has 3 aromatic rings. The Bertz CT molecular complexity index is 1290. The van der Waals surface area contributed by atoms with Gasteiger partial charge in [0.1, 0.15) is 11.6 Å². The molecule has 0 aliphatic carbocycles. The van der Waals surface area contributed by atoms with Crippen molar-refractivity contribution in [2.75, 3.05) is 26.9 Å². The maximum atomic E-state index is 11.3. The number of aromatic nitrogens is 1. The highest BCUT2D eigenvalue weighted by molar-refractivity contribution is 6.32. The average molecular weight is 569 g/mol. The maximum absolute atomic E-state index is 11.3. The topological polar surface area (TPSA) is 80.8 Å². The lowest BCUT2D eigenvalue weighted by Crippen LogP contribution is -2.27. The lowest BCUT2D eigenvalue weighted by Gasteiger charge is -2.20. The minimum absolute atomic E-state index is 0.544. The molecular weight excluding hydrogens is 520 g/mol.